The molecule has 1 rings (SSSR count). The number of anilines is 1. The van der Waals surface area contributed by atoms with E-state index in [1.807, 2.05) is 38.1 Å². The summed E-state index contributed by atoms with van der Waals surface area (Å²) in [5.74, 6) is -0.0428. The highest BCUT2D eigenvalue weighted by atomic mass is 16.2. The Morgan fingerprint density at radius 1 is 1.15 bits per heavy atom. The van der Waals surface area contributed by atoms with Crippen molar-refractivity contribution in [2.24, 2.45) is 0 Å². The number of hydrogen-bond acceptors (Lipinski definition) is 3. The van der Waals surface area contributed by atoms with Crippen molar-refractivity contribution in [3.63, 3.8) is 0 Å². The van der Waals surface area contributed by atoms with E-state index in [-0.39, 0.29) is 17.9 Å². The molecule has 0 spiro atoms. The number of rotatable bonds is 7. The van der Waals surface area contributed by atoms with Crippen LogP contribution in [0, 0.1) is 0 Å². The topological polar surface area (TPSA) is 70.2 Å². The second-order valence-electron chi connectivity index (χ2n) is 4.76. The summed E-state index contributed by atoms with van der Waals surface area (Å²) in [6.45, 7) is 4.84. The van der Waals surface area contributed by atoms with E-state index in [9.17, 15) is 9.59 Å². The molecule has 1 unspecified atom stereocenters. The molecule has 0 saturated heterocycles. The largest absolute Gasteiger partial charge is 0.359 e. The number of carbonyl (C=O) groups excluding carboxylic acids is 2. The molecular formula is C15H23N3O2. The molecule has 0 fully saturated rings. The van der Waals surface area contributed by atoms with Gasteiger partial charge in [0, 0.05) is 25.2 Å². The lowest BCUT2D eigenvalue weighted by Gasteiger charge is -2.12. The highest BCUT2D eigenvalue weighted by molar-refractivity contribution is 5.91. The van der Waals surface area contributed by atoms with Crippen LogP contribution in [0.15, 0.2) is 24.3 Å². The summed E-state index contributed by atoms with van der Waals surface area (Å²) in [7, 11) is 1.61. The number of carbonyl (C=O) groups is 2. The summed E-state index contributed by atoms with van der Waals surface area (Å²) in [6.07, 6.45) is 0.788. The standard InChI is InChI=1S/C15H23N3O2/c1-4-17-11(2)9-15(20)18-13-7-5-12(6-8-13)10-14(19)16-3/h5-8,11,17H,4,9-10H2,1-3H3,(H,16,19)(H,18,20). The Bertz CT molecular complexity index is 443. The molecule has 1 atom stereocenters. The Labute approximate surface area is 120 Å². The minimum atomic E-state index is -0.0266. The van der Waals surface area contributed by atoms with Gasteiger partial charge in [0.25, 0.3) is 0 Å². The van der Waals surface area contributed by atoms with Crippen LogP contribution < -0.4 is 16.0 Å². The molecule has 1 aromatic carbocycles. The van der Waals surface area contributed by atoms with Crippen LogP contribution in [0.25, 0.3) is 0 Å². The van der Waals surface area contributed by atoms with Crippen molar-refractivity contribution in [3.8, 4) is 0 Å². The lowest BCUT2D eigenvalue weighted by Crippen LogP contribution is -2.30. The van der Waals surface area contributed by atoms with Crippen LogP contribution in [0.3, 0.4) is 0 Å². The van der Waals surface area contributed by atoms with Crippen molar-refractivity contribution < 1.29 is 9.59 Å². The summed E-state index contributed by atoms with van der Waals surface area (Å²) >= 11 is 0. The number of nitrogens with one attached hydrogen (secondary N) is 3. The maximum Gasteiger partial charge on any atom is 0.225 e. The summed E-state index contributed by atoms with van der Waals surface area (Å²) in [5.41, 5.74) is 1.67. The Kier molecular flexibility index (Phi) is 6.73. The monoisotopic (exact) mass is 277 g/mol. The van der Waals surface area contributed by atoms with Gasteiger partial charge in [0.05, 0.1) is 6.42 Å². The molecule has 0 heterocycles. The first-order chi connectivity index (χ1) is 9.55. The van der Waals surface area contributed by atoms with Gasteiger partial charge in [-0.2, -0.15) is 0 Å². The van der Waals surface area contributed by atoms with Crippen molar-refractivity contribution in [1.82, 2.24) is 10.6 Å². The Morgan fingerprint density at radius 3 is 2.35 bits per heavy atom. The molecule has 0 aliphatic carbocycles. The van der Waals surface area contributed by atoms with E-state index in [1.54, 1.807) is 7.05 Å². The van der Waals surface area contributed by atoms with Crippen LogP contribution in [0.2, 0.25) is 0 Å². The average molecular weight is 277 g/mol. The molecule has 0 aliphatic heterocycles. The van der Waals surface area contributed by atoms with E-state index in [2.05, 4.69) is 16.0 Å². The molecule has 0 radical (unpaired) electrons. The van der Waals surface area contributed by atoms with Gasteiger partial charge < -0.3 is 16.0 Å². The van der Waals surface area contributed by atoms with Gasteiger partial charge in [0.1, 0.15) is 0 Å². The average Bonchev–Trinajstić information content (AvgIpc) is 2.41. The minimum Gasteiger partial charge on any atom is -0.359 e. The van der Waals surface area contributed by atoms with Crippen LogP contribution in [-0.4, -0.2) is 31.4 Å². The Hall–Kier alpha value is -1.88. The highest BCUT2D eigenvalue weighted by Crippen LogP contribution is 2.10. The van der Waals surface area contributed by atoms with Gasteiger partial charge in [-0.3, -0.25) is 9.59 Å². The molecule has 2 amide bonds. The number of likely N-dealkylation sites (N-methyl/N-ethyl adjacent to an activating group) is 1. The molecule has 1 aromatic rings. The van der Waals surface area contributed by atoms with Gasteiger partial charge in [-0.15, -0.1) is 0 Å². The van der Waals surface area contributed by atoms with Gasteiger partial charge in [0.15, 0.2) is 0 Å². The predicted molar refractivity (Wildman–Crippen MR) is 80.6 cm³/mol. The summed E-state index contributed by atoms with van der Waals surface area (Å²) in [5, 5.41) is 8.62. The molecule has 0 saturated carbocycles. The predicted octanol–water partition coefficient (Wildman–Crippen LogP) is 1.30. The lowest BCUT2D eigenvalue weighted by molar-refractivity contribution is -0.120. The normalized spacial score (nSPS) is 11.8. The van der Waals surface area contributed by atoms with Gasteiger partial charge in [-0.1, -0.05) is 19.1 Å². The molecule has 110 valence electrons. The highest BCUT2D eigenvalue weighted by Gasteiger charge is 2.08. The van der Waals surface area contributed by atoms with E-state index in [0.717, 1.165) is 17.8 Å². The van der Waals surface area contributed by atoms with Crippen LogP contribution in [-0.2, 0) is 16.0 Å². The fourth-order valence-electron chi connectivity index (χ4n) is 1.89. The maximum absolute atomic E-state index is 11.8. The zero-order valence-corrected chi connectivity index (χ0v) is 12.3. The molecule has 5 heteroatoms. The zero-order chi connectivity index (χ0) is 15.0. The van der Waals surface area contributed by atoms with Crippen molar-refractivity contribution in [3.05, 3.63) is 29.8 Å². The number of benzene rings is 1. The van der Waals surface area contributed by atoms with E-state index < -0.39 is 0 Å². The molecule has 0 aliphatic rings. The van der Waals surface area contributed by atoms with Crippen LogP contribution in [0.1, 0.15) is 25.8 Å². The second-order valence-corrected chi connectivity index (χ2v) is 4.76. The molecule has 5 nitrogen and oxygen atoms in total. The van der Waals surface area contributed by atoms with Gasteiger partial charge >= 0.3 is 0 Å². The molecule has 20 heavy (non-hydrogen) atoms. The van der Waals surface area contributed by atoms with Crippen molar-refractivity contribution >= 4 is 17.5 Å². The molecule has 3 N–H and O–H groups in total. The third-order valence-electron chi connectivity index (χ3n) is 2.93. The van der Waals surface area contributed by atoms with E-state index in [4.69, 9.17) is 0 Å². The van der Waals surface area contributed by atoms with Gasteiger partial charge in [-0.25, -0.2) is 0 Å². The minimum absolute atomic E-state index is 0.0162. The summed E-state index contributed by atoms with van der Waals surface area (Å²) in [4.78, 5) is 23.0. The Balaban J connectivity index is 2.48. The third kappa shape index (κ3) is 5.84. The summed E-state index contributed by atoms with van der Waals surface area (Å²) in [6, 6.07) is 7.48. The first-order valence-corrected chi connectivity index (χ1v) is 6.88. The van der Waals surface area contributed by atoms with Crippen molar-refractivity contribution in [2.75, 3.05) is 18.9 Å². The smallest absolute Gasteiger partial charge is 0.225 e. The van der Waals surface area contributed by atoms with Crippen molar-refractivity contribution in [1.29, 1.82) is 0 Å². The molecule has 0 bridgehead atoms. The summed E-state index contributed by atoms with van der Waals surface area (Å²) < 4.78 is 0. The fraction of sp³-hybridized carbons (Fsp3) is 0.467. The second kappa shape index (κ2) is 8.32. The van der Waals surface area contributed by atoms with E-state index in [1.165, 1.54) is 0 Å². The van der Waals surface area contributed by atoms with Crippen LogP contribution in [0.5, 0.6) is 0 Å². The third-order valence-corrected chi connectivity index (χ3v) is 2.93. The first-order valence-electron chi connectivity index (χ1n) is 6.88. The van der Waals surface area contributed by atoms with E-state index >= 15 is 0 Å². The Morgan fingerprint density at radius 2 is 1.80 bits per heavy atom. The van der Waals surface area contributed by atoms with Crippen molar-refractivity contribution in [2.45, 2.75) is 32.7 Å². The van der Waals surface area contributed by atoms with Gasteiger partial charge in [0.2, 0.25) is 11.8 Å². The first kappa shape index (κ1) is 16.2. The van der Waals surface area contributed by atoms with Crippen LogP contribution >= 0.6 is 0 Å². The van der Waals surface area contributed by atoms with E-state index in [0.29, 0.717) is 12.8 Å². The quantitative estimate of drug-likeness (QED) is 0.703. The van der Waals surface area contributed by atoms with Crippen LogP contribution in [0.4, 0.5) is 5.69 Å². The fourth-order valence-corrected chi connectivity index (χ4v) is 1.89. The molecule has 0 aromatic heterocycles. The SMILES string of the molecule is CCNC(C)CC(=O)Nc1ccc(CC(=O)NC)cc1. The lowest BCUT2D eigenvalue weighted by atomic mass is 10.1. The maximum atomic E-state index is 11.8. The number of hydrogen-bond donors (Lipinski definition) is 3. The van der Waals surface area contributed by atoms with Gasteiger partial charge in [-0.05, 0) is 31.2 Å². The number of amides is 2. The molecular weight excluding hydrogens is 254 g/mol. The zero-order valence-electron chi connectivity index (χ0n) is 12.3.